The Bertz CT molecular complexity index is 1450. The van der Waals surface area contributed by atoms with E-state index in [-0.39, 0.29) is 18.3 Å². The molecule has 1 amide bonds. The van der Waals surface area contributed by atoms with Crippen LogP contribution in [-0.4, -0.2) is 39.5 Å². The van der Waals surface area contributed by atoms with Crippen LogP contribution in [0, 0.1) is 6.92 Å². The number of methoxy groups -OCH3 is 1. The van der Waals surface area contributed by atoms with Gasteiger partial charge in [0, 0.05) is 27.5 Å². The lowest BCUT2D eigenvalue weighted by Gasteiger charge is -2.10. The Morgan fingerprint density at radius 2 is 1.89 bits per heavy atom. The van der Waals surface area contributed by atoms with Crippen molar-refractivity contribution < 1.29 is 19.1 Å². The second-order valence-corrected chi connectivity index (χ2v) is 10.7. The van der Waals surface area contributed by atoms with Crippen molar-refractivity contribution in [1.82, 2.24) is 14.8 Å². The molecule has 2 aromatic heterocycles. The summed E-state index contributed by atoms with van der Waals surface area (Å²) < 4.78 is 12.7. The molecule has 2 aromatic carbocycles. The fraction of sp³-hybridized carbons (Fsp3) is 0.231. The first kappa shape index (κ1) is 28.0. The molecule has 0 unspecified atom stereocenters. The van der Waals surface area contributed by atoms with Crippen molar-refractivity contribution in [2.75, 3.05) is 18.2 Å². The van der Waals surface area contributed by atoms with Crippen LogP contribution in [0.1, 0.15) is 28.7 Å². The predicted octanol–water partition coefficient (Wildman–Crippen LogP) is 6.74. The average Bonchev–Trinajstić information content (AvgIpc) is 3.51. The van der Waals surface area contributed by atoms with Crippen LogP contribution in [-0.2, 0) is 22.7 Å². The minimum atomic E-state index is -0.537. The molecule has 0 fully saturated rings. The van der Waals surface area contributed by atoms with E-state index in [4.69, 9.17) is 32.7 Å². The summed E-state index contributed by atoms with van der Waals surface area (Å²) in [5.74, 6) is 0.572. The fourth-order valence-electron chi connectivity index (χ4n) is 3.59. The molecule has 0 saturated heterocycles. The zero-order chi connectivity index (χ0) is 27.2. The first-order valence-electron chi connectivity index (χ1n) is 11.5. The van der Waals surface area contributed by atoms with Crippen LogP contribution in [0.5, 0.6) is 5.75 Å². The summed E-state index contributed by atoms with van der Waals surface area (Å²) in [6.07, 6.45) is 0. The molecule has 0 aliphatic carbocycles. The number of halogens is 2. The summed E-state index contributed by atoms with van der Waals surface area (Å²) in [6.45, 7) is 4.71. The molecule has 0 aliphatic heterocycles. The van der Waals surface area contributed by atoms with Crippen LogP contribution in [0.25, 0.3) is 11.1 Å². The number of esters is 1. The molecule has 198 valence electrons. The van der Waals surface area contributed by atoms with E-state index >= 15 is 0 Å². The topological polar surface area (TPSA) is 95.3 Å². The maximum absolute atomic E-state index is 12.8. The molecule has 0 saturated carbocycles. The molecule has 4 aromatic rings. The molecule has 38 heavy (non-hydrogen) atoms. The monoisotopic (exact) mass is 590 g/mol. The van der Waals surface area contributed by atoms with E-state index in [1.807, 2.05) is 36.6 Å². The van der Waals surface area contributed by atoms with Gasteiger partial charge in [0.2, 0.25) is 5.91 Å². The van der Waals surface area contributed by atoms with Gasteiger partial charge in [-0.1, -0.05) is 47.1 Å². The summed E-state index contributed by atoms with van der Waals surface area (Å²) in [7, 11) is 1.31. The lowest BCUT2D eigenvalue weighted by Crippen LogP contribution is -2.16. The molecule has 0 atom stereocenters. The zero-order valence-corrected chi connectivity index (χ0v) is 23.9. The average molecular weight is 592 g/mol. The van der Waals surface area contributed by atoms with Crippen molar-refractivity contribution in [1.29, 1.82) is 0 Å². The van der Waals surface area contributed by atoms with E-state index in [2.05, 4.69) is 15.5 Å². The number of nitrogens with zero attached hydrogens (tertiary/aromatic N) is 3. The number of carbonyl (C=O) groups is 2. The summed E-state index contributed by atoms with van der Waals surface area (Å²) in [5.41, 5.74) is 2.67. The maximum atomic E-state index is 12.8. The Morgan fingerprint density at radius 1 is 1.13 bits per heavy atom. The highest BCUT2D eigenvalue weighted by Gasteiger charge is 2.23. The highest BCUT2D eigenvalue weighted by Crippen LogP contribution is 2.36. The fourth-order valence-corrected chi connectivity index (χ4v) is 5.63. The largest absolute Gasteiger partial charge is 0.486 e. The number of hydrogen-bond donors (Lipinski definition) is 1. The molecular weight excluding hydrogens is 567 g/mol. The number of ether oxygens (including phenoxy) is 2. The van der Waals surface area contributed by atoms with Crippen LogP contribution >= 0.6 is 46.3 Å². The van der Waals surface area contributed by atoms with E-state index < -0.39 is 5.97 Å². The number of benzene rings is 2. The minimum absolute atomic E-state index is 0.0736. The van der Waals surface area contributed by atoms with E-state index in [0.29, 0.717) is 49.4 Å². The Kier molecular flexibility index (Phi) is 9.32. The molecule has 1 N–H and O–H groups in total. The quantitative estimate of drug-likeness (QED) is 0.161. The second kappa shape index (κ2) is 12.7. The van der Waals surface area contributed by atoms with Crippen molar-refractivity contribution in [3.05, 3.63) is 74.8 Å². The van der Waals surface area contributed by atoms with Crippen molar-refractivity contribution in [2.45, 2.75) is 32.2 Å². The van der Waals surface area contributed by atoms with Gasteiger partial charge in [-0.2, -0.15) is 0 Å². The lowest BCUT2D eigenvalue weighted by atomic mass is 10.0. The first-order valence-corrected chi connectivity index (χ1v) is 14.1. The Balaban J connectivity index is 1.42. The third-order valence-electron chi connectivity index (χ3n) is 5.53. The Hall–Kier alpha value is -3.05. The predicted molar refractivity (Wildman–Crippen MR) is 152 cm³/mol. The van der Waals surface area contributed by atoms with Crippen LogP contribution in [0.4, 0.5) is 5.00 Å². The van der Waals surface area contributed by atoms with Gasteiger partial charge in [0.05, 0.1) is 12.9 Å². The summed E-state index contributed by atoms with van der Waals surface area (Å²) >= 11 is 14.6. The number of thiophene rings is 1. The third-order valence-corrected chi connectivity index (χ3v) is 8.07. The highest BCUT2D eigenvalue weighted by atomic mass is 35.5. The SMILES string of the molecule is CCn1c(COc2ccc(Cl)c(C)c2)nnc1SCC(=O)Nc1scc(-c2ccc(Cl)cc2)c1C(=O)OC. The molecule has 0 aliphatic rings. The standard InChI is InChI=1S/C26H24Cl2N4O4S2/c1-4-32-21(12-36-18-9-10-20(28)15(2)11-18)30-31-26(32)38-14-22(33)29-24-23(25(34)35-3)19(13-37-24)16-5-7-17(27)8-6-16/h5-11,13H,4,12,14H2,1-3H3,(H,29,33). The molecule has 12 heteroatoms. The number of aryl methyl sites for hydroxylation is 1. The van der Waals surface area contributed by atoms with Crippen LogP contribution in [0.2, 0.25) is 10.0 Å². The normalized spacial score (nSPS) is 10.9. The molecule has 8 nitrogen and oxygen atoms in total. The summed E-state index contributed by atoms with van der Waals surface area (Å²) in [4.78, 5) is 25.4. The van der Waals surface area contributed by atoms with Crippen LogP contribution in [0.15, 0.2) is 53.0 Å². The number of amides is 1. The second-order valence-electron chi connectivity index (χ2n) is 8.03. The van der Waals surface area contributed by atoms with E-state index in [9.17, 15) is 9.59 Å². The third kappa shape index (κ3) is 6.50. The van der Waals surface area contributed by atoms with E-state index in [1.54, 1.807) is 29.6 Å². The maximum Gasteiger partial charge on any atom is 0.341 e. The number of aromatic nitrogens is 3. The summed E-state index contributed by atoms with van der Waals surface area (Å²) in [5, 5.41) is 15.4. The molecule has 0 spiro atoms. The number of anilines is 1. The van der Waals surface area contributed by atoms with Gasteiger partial charge in [-0.25, -0.2) is 4.79 Å². The van der Waals surface area contributed by atoms with Crippen LogP contribution < -0.4 is 10.1 Å². The lowest BCUT2D eigenvalue weighted by molar-refractivity contribution is -0.113. The number of nitrogens with one attached hydrogen (secondary N) is 1. The first-order chi connectivity index (χ1) is 18.3. The molecule has 0 radical (unpaired) electrons. The number of rotatable bonds is 10. The smallest absolute Gasteiger partial charge is 0.341 e. The van der Waals surface area contributed by atoms with Crippen molar-refractivity contribution in [2.24, 2.45) is 0 Å². The van der Waals surface area contributed by atoms with Gasteiger partial charge in [0.25, 0.3) is 0 Å². The van der Waals surface area contributed by atoms with Gasteiger partial charge in [0.15, 0.2) is 11.0 Å². The Morgan fingerprint density at radius 3 is 2.58 bits per heavy atom. The molecule has 2 heterocycles. The van der Waals surface area contributed by atoms with Gasteiger partial charge in [-0.3, -0.25) is 4.79 Å². The van der Waals surface area contributed by atoms with Gasteiger partial charge in [0.1, 0.15) is 22.9 Å². The zero-order valence-electron chi connectivity index (χ0n) is 20.8. The van der Waals surface area contributed by atoms with Gasteiger partial charge >= 0.3 is 5.97 Å². The Labute approximate surface area is 238 Å². The number of carbonyl (C=O) groups excluding carboxylic acids is 2. The van der Waals surface area contributed by atoms with Crippen LogP contribution in [0.3, 0.4) is 0 Å². The van der Waals surface area contributed by atoms with Crippen molar-refractivity contribution in [3.8, 4) is 16.9 Å². The van der Waals surface area contributed by atoms with E-state index in [0.717, 1.165) is 11.1 Å². The van der Waals surface area contributed by atoms with Crippen molar-refractivity contribution >= 4 is 63.2 Å². The molecule has 4 rings (SSSR count). The van der Waals surface area contributed by atoms with E-state index in [1.165, 1.54) is 30.2 Å². The van der Waals surface area contributed by atoms with Gasteiger partial charge in [-0.15, -0.1) is 21.5 Å². The minimum Gasteiger partial charge on any atom is -0.486 e. The molecule has 0 bridgehead atoms. The molecular formula is C26H24Cl2N4O4S2. The van der Waals surface area contributed by atoms with Gasteiger partial charge in [-0.05, 0) is 55.3 Å². The van der Waals surface area contributed by atoms with Crippen molar-refractivity contribution in [3.63, 3.8) is 0 Å². The summed E-state index contributed by atoms with van der Waals surface area (Å²) in [6, 6.07) is 12.5. The number of hydrogen-bond acceptors (Lipinski definition) is 8. The highest BCUT2D eigenvalue weighted by molar-refractivity contribution is 7.99. The van der Waals surface area contributed by atoms with Gasteiger partial charge < -0.3 is 19.4 Å². The number of thioether (sulfide) groups is 1.